The van der Waals surface area contributed by atoms with E-state index < -0.39 is 8.03 Å². The van der Waals surface area contributed by atoms with E-state index in [0.717, 1.165) is 93.7 Å². The van der Waals surface area contributed by atoms with Crippen molar-refractivity contribution in [3.05, 3.63) is 101 Å². The molecule has 0 heterocycles. The van der Waals surface area contributed by atoms with Crippen molar-refractivity contribution in [1.29, 1.82) is 0 Å². The average molecular weight is 594 g/mol. The lowest BCUT2D eigenvalue weighted by Gasteiger charge is -2.23. The van der Waals surface area contributed by atoms with Gasteiger partial charge in [0, 0.05) is 11.1 Å². The Bertz CT molecular complexity index is 1440. The molecule has 43 heavy (non-hydrogen) atoms. The largest absolute Gasteiger partial charge is 0.546 e. The normalized spacial score (nSPS) is 11.6. The molecule has 4 aromatic carbocycles. The van der Waals surface area contributed by atoms with Crippen molar-refractivity contribution in [3.8, 4) is 33.4 Å². The molecule has 1 unspecified atom stereocenters. The molecule has 0 aromatic heterocycles. The molecule has 1 N–H and O–H groups in total. The average Bonchev–Trinajstić information content (AvgIpc) is 3.04. The number of unbranched alkanes of at least 4 members (excludes halogenated alkanes) is 4. The van der Waals surface area contributed by atoms with Gasteiger partial charge in [-0.05, 0) is 113 Å². The van der Waals surface area contributed by atoms with Gasteiger partial charge in [0.15, 0.2) is 0 Å². The summed E-state index contributed by atoms with van der Waals surface area (Å²) in [6.45, 7) is 8.98. The highest BCUT2D eigenvalue weighted by Crippen LogP contribution is 2.46. The lowest BCUT2D eigenvalue weighted by atomic mass is 9.80. The fourth-order valence-corrected chi connectivity index (χ4v) is 7.01. The molecule has 2 nitrogen and oxygen atoms in total. The maximum atomic E-state index is 13.2. The Kier molecular flexibility index (Phi) is 12.8. The van der Waals surface area contributed by atoms with E-state index in [0.29, 0.717) is 5.30 Å². The molecule has 226 valence electrons. The second-order valence-electron chi connectivity index (χ2n) is 11.8. The molecule has 0 saturated carbocycles. The monoisotopic (exact) mass is 593 g/mol. The zero-order valence-corrected chi connectivity index (χ0v) is 27.7. The summed E-state index contributed by atoms with van der Waals surface area (Å²) < 4.78 is 13.2. The third-order valence-electron chi connectivity index (χ3n) is 8.64. The highest BCUT2D eigenvalue weighted by atomic mass is 31.1. The van der Waals surface area contributed by atoms with E-state index in [2.05, 4.69) is 100 Å². The van der Waals surface area contributed by atoms with Crippen LogP contribution in [0.5, 0.6) is 0 Å². The number of hydrogen-bond acceptors (Lipinski definition) is 1. The first kappa shape index (κ1) is 32.8. The molecule has 4 aromatic rings. The molecule has 0 radical (unpaired) electrons. The fraction of sp³-hybridized carbons (Fsp3) is 0.400. The molecule has 1 atom stereocenters. The van der Waals surface area contributed by atoms with Gasteiger partial charge in [0.05, 0.1) is 0 Å². The summed E-state index contributed by atoms with van der Waals surface area (Å²) in [6.07, 6.45) is 12.9. The highest BCUT2D eigenvalue weighted by molar-refractivity contribution is 7.47. The quantitative estimate of drug-likeness (QED) is 0.131. The van der Waals surface area contributed by atoms with Crippen LogP contribution in [0.4, 0.5) is 0 Å². The molecule has 0 bridgehead atoms. The fourth-order valence-electron chi connectivity index (χ4n) is 6.39. The van der Waals surface area contributed by atoms with Gasteiger partial charge in [0.1, 0.15) is 0 Å². The van der Waals surface area contributed by atoms with Crippen molar-refractivity contribution in [1.82, 2.24) is 0 Å². The first-order chi connectivity index (χ1) is 21.0. The van der Waals surface area contributed by atoms with Crippen LogP contribution in [0.15, 0.2) is 78.9 Å². The summed E-state index contributed by atoms with van der Waals surface area (Å²) >= 11 is 0. The number of aryl methyl sites for hydroxylation is 4. The maximum absolute atomic E-state index is 13.2. The van der Waals surface area contributed by atoms with Crippen molar-refractivity contribution in [2.45, 2.75) is 105 Å². The first-order valence-corrected chi connectivity index (χ1v) is 17.9. The van der Waals surface area contributed by atoms with E-state index in [-0.39, 0.29) is 0 Å². The van der Waals surface area contributed by atoms with E-state index in [1.807, 2.05) is 6.07 Å². The topological polar surface area (TPSA) is 37.3 Å². The van der Waals surface area contributed by atoms with Crippen LogP contribution >= 0.6 is 8.03 Å². The van der Waals surface area contributed by atoms with Crippen LogP contribution in [0.3, 0.4) is 0 Å². The standard InChI is InChI=1S/C40H49O2P/c1-5-9-18-30-24-16-25-31(19-10-6-2)37(30)35-28-29-36(43(41)42)40(39(35)34-22-14-13-15-23-34)38-32(20-11-7-3)26-17-27-33(38)21-12-8-4/h13-17,22-29H,5-12,18-21H2,1-4H3/p+1. The SMILES string of the molecule is CCCCc1cccc(CCCC)c1-c1ccc([P+](=O)O)c(-c2c(CCCC)cccc2CCCC)c1-c1ccccc1. The van der Waals surface area contributed by atoms with Gasteiger partial charge in [-0.1, -0.05) is 120 Å². The van der Waals surface area contributed by atoms with Gasteiger partial charge in [0.25, 0.3) is 0 Å². The van der Waals surface area contributed by atoms with E-state index >= 15 is 0 Å². The number of hydrogen-bond donors (Lipinski definition) is 1. The molecular weight excluding hydrogens is 543 g/mol. The summed E-state index contributed by atoms with van der Waals surface area (Å²) in [6, 6.07) is 28.2. The van der Waals surface area contributed by atoms with Crippen molar-refractivity contribution < 1.29 is 9.46 Å². The molecule has 0 aliphatic carbocycles. The van der Waals surface area contributed by atoms with Gasteiger partial charge in [-0.2, -0.15) is 4.89 Å². The van der Waals surface area contributed by atoms with Crippen molar-refractivity contribution in [3.63, 3.8) is 0 Å². The maximum Gasteiger partial charge on any atom is 0.546 e. The summed E-state index contributed by atoms with van der Waals surface area (Å²) in [5.74, 6) is 0. The minimum Gasteiger partial charge on any atom is -0.156 e. The Morgan fingerprint density at radius 3 is 1.35 bits per heavy atom. The third-order valence-corrected chi connectivity index (χ3v) is 9.43. The molecule has 0 fully saturated rings. The molecule has 0 saturated heterocycles. The number of rotatable bonds is 16. The lowest BCUT2D eigenvalue weighted by Crippen LogP contribution is -2.10. The van der Waals surface area contributed by atoms with Crippen LogP contribution in [0.2, 0.25) is 0 Å². The molecular formula is C40H50O2P+. The van der Waals surface area contributed by atoms with Crippen LogP contribution in [-0.4, -0.2) is 4.89 Å². The van der Waals surface area contributed by atoms with E-state index in [1.165, 1.54) is 38.9 Å². The van der Waals surface area contributed by atoms with E-state index in [9.17, 15) is 9.46 Å². The second-order valence-corrected chi connectivity index (χ2v) is 12.9. The smallest absolute Gasteiger partial charge is 0.156 e. The molecule has 0 spiro atoms. The Morgan fingerprint density at radius 1 is 0.488 bits per heavy atom. The molecule has 3 heteroatoms. The first-order valence-electron chi connectivity index (χ1n) is 16.7. The Balaban J connectivity index is 2.18. The van der Waals surface area contributed by atoms with Gasteiger partial charge in [-0.25, -0.2) is 0 Å². The number of benzene rings is 4. The van der Waals surface area contributed by atoms with Crippen LogP contribution in [-0.2, 0) is 30.2 Å². The summed E-state index contributed by atoms with van der Waals surface area (Å²) in [5, 5.41) is 0.542. The molecule has 0 amide bonds. The zero-order chi connectivity index (χ0) is 30.6. The predicted octanol–water partition coefficient (Wildman–Crippen LogP) is 11.4. The minimum atomic E-state index is -2.56. The zero-order valence-electron chi connectivity index (χ0n) is 26.8. The second kappa shape index (κ2) is 16.7. The molecule has 0 aliphatic heterocycles. The van der Waals surface area contributed by atoms with E-state index in [4.69, 9.17) is 0 Å². The van der Waals surface area contributed by atoms with Crippen molar-refractivity contribution in [2.75, 3.05) is 0 Å². The van der Waals surface area contributed by atoms with Gasteiger partial charge in [-0.3, -0.25) is 0 Å². The van der Waals surface area contributed by atoms with E-state index in [1.54, 1.807) is 0 Å². The van der Waals surface area contributed by atoms with Gasteiger partial charge in [-0.15, -0.1) is 0 Å². The van der Waals surface area contributed by atoms with Crippen LogP contribution in [0.25, 0.3) is 33.4 Å². The summed E-state index contributed by atoms with van der Waals surface area (Å²) in [5.41, 5.74) is 12.2. The lowest BCUT2D eigenvalue weighted by molar-refractivity contribution is 0.513. The van der Waals surface area contributed by atoms with Gasteiger partial charge in [0.2, 0.25) is 5.30 Å². The Labute approximate surface area is 261 Å². The van der Waals surface area contributed by atoms with Crippen molar-refractivity contribution >= 4 is 13.3 Å². The summed E-state index contributed by atoms with van der Waals surface area (Å²) in [4.78, 5) is 10.9. The minimum absolute atomic E-state index is 0.542. The van der Waals surface area contributed by atoms with Crippen LogP contribution < -0.4 is 5.30 Å². The third kappa shape index (κ3) is 7.91. The highest BCUT2D eigenvalue weighted by Gasteiger charge is 2.31. The van der Waals surface area contributed by atoms with Crippen molar-refractivity contribution in [2.24, 2.45) is 0 Å². The molecule has 4 rings (SSSR count). The van der Waals surface area contributed by atoms with Crippen LogP contribution in [0.1, 0.15) is 101 Å². The molecule has 0 aliphatic rings. The predicted molar refractivity (Wildman–Crippen MR) is 187 cm³/mol. The Morgan fingerprint density at radius 2 is 0.930 bits per heavy atom. The van der Waals surface area contributed by atoms with Gasteiger partial charge < -0.3 is 0 Å². The van der Waals surface area contributed by atoms with Gasteiger partial charge >= 0.3 is 8.03 Å². The van der Waals surface area contributed by atoms with Crippen LogP contribution in [0, 0.1) is 0 Å². The summed E-state index contributed by atoms with van der Waals surface area (Å²) in [7, 11) is -2.56. The Hall–Kier alpha value is -3.06.